The normalized spacial score (nSPS) is 9.95. The maximum atomic E-state index is 11.4. The zero-order valence-electron chi connectivity index (χ0n) is 9.68. The van der Waals surface area contributed by atoms with E-state index in [1.807, 2.05) is 0 Å². The number of carbonyl (C=O) groups is 3. The van der Waals surface area contributed by atoms with Gasteiger partial charge in [0.15, 0.2) is 0 Å². The van der Waals surface area contributed by atoms with Crippen molar-refractivity contribution in [3.8, 4) is 0 Å². The molecule has 0 radical (unpaired) electrons. The number of anilines is 1. The highest BCUT2D eigenvalue weighted by Gasteiger charge is 2.09. The minimum Gasteiger partial charge on any atom is -0.480 e. The highest BCUT2D eigenvalue weighted by atomic mass is 35.5. The van der Waals surface area contributed by atoms with Gasteiger partial charge in [-0.05, 0) is 18.2 Å². The third-order valence-electron chi connectivity index (χ3n) is 1.98. The van der Waals surface area contributed by atoms with Gasteiger partial charge in [0, 0.05) is 5.69 Å². The van der Waals surface area contributed by atoms with E-state index in [0.717, 1.165) is 0 Å². The molecule has 7 nitrogen and oxygen atoms in total. The molecule has 1 aromatic rings. The van der Waals surface area contributed by atoms with Crippen LogP contribution in [0.25, 0.3) is 0 Å². The quantitative estimate of drug-likeness (QED) is 0.703. The fourth-order valence-electron chi connectivity index (χ4n) is 1.22. The Hall–Kier alpha value is -2.12. The zero-order chi connectivity index (χ0) is 14.4. The van der Waals surface area contributed by atoms with Crippen molar-refractivity contribution in [2.45, 2.75) is 0 Å². The van der Waals surface area contributed by atoms with Gasteiger partial charge in [-0.3, -0.25) is 9.59 Å². The molecule has 2 amide bonds. The van der Waals surface area contributed by atoms with Crippen LogP contribution in [0, 0.1) is 0 Å². The number of amides is 2. The van der Waals surface area contributed by atoms with E-state index in [1.165, 1.54) is 18.2 Å². The molecule has 0 aliphatic heterocycles. The average molecular weight is 287 g/mol. The monoisotopic (exact) mass is 286 g/mol. The van der Waals surface area contributed by atoms with Crippen LogP contribution in [0.4, 0.5) is 5.69 Å². The Morgan fingerprint density at radius 1 is 1.32 bits per heavy atom. The van der Waals surface area contributed by atoms with Gasteiger partial charge in [0.2, 0.25) is 11.8 Å². The molecule has 0 spiro atoms. The van der Waals surface area contributed by atoms with Crippen molar-refractivity contribution < 1.29 is 24.2 Å². The van der Waals surface area contributed by atoms with Crippen LogP contribution in [0.2, 0.25) is 5.02 Å². The van der Waals surface area contributed by atoms with Crippen molar-refractivity contribution in [3.63, 3.8) is 0 Å². The number of ether oxygens (including phenoxy) is 1. The zero-order valence-corrected chi connectivity index (χ0v) is 10.4. The smallest absolute Gasteiger partial charge is 0.329 e. The first kappa shape index (κ1) is 14.9. The highest BCUT2D eigenvalue weighted by molar-refractivity contribution is 6.34. The molecular weight excluding hydrogens is 276 g/mol. The van der Waals surface area contributed by atoms with E-state index in [0.29, 0.717) is 5.69 Å². The van der Waals surface area contributed by atoms with Crippen LogP contribution in [-0.4, -0.2) is 36.1 Å². The molecule has 19 heavy (non-hydrogen) atoms. The number of carboxylic acids is 1. The first-order valence-electron chi connectivity index (χ1n) is 5.09. The largest absolute Gasteiger partial charge is 0.480 e. The summed E-state index contributed by atoms with van der Waals surface area (Å²) in [6.07, 6.45) is 0. The SMILES string of the molecule is NC(=O)c1ccc(NC(=O)COCC(=O)O)cc1Cl. The molecule has 8 heteroatoms. The number of hydrogen-bond donors (Lipinski definition) is 3. The summed E-state index contributed by atoms with van der Waals surface area (Å²) >= 11 is 5.79. The summed E-state index contributed by atoms with van der Waals surface area (Å²) in [5.74, 6) is -2.38. The Labute approximate surface area is 113 Å². The second-order valence-electron chi connectivity index (χ2n) is 3.49. The lowest BCUT2D eigenvalue weighted by Crippen LogP contribution is -2.21. The summed E-state index contributed by atoms with van der Waals surface area (Å²) in [6.45, 7) is -0.962. The number of nitrogens with one attached hydrogen (secondary N) is 1. The Morgan fingerprint density at radius 2 is 2.00 bits per heavy atom. The number of primary amides is 1. The molecule has 0 heterocycles. The number of hydrogen-bond acceptors (Lipinski definition) is 4. The van der Waals surface area contributed by atoms with E-state index in [-0.39, 0.29) is 10.6 Å². The molecule has 0 aliphatic carbocycles. The van der Waals surface area contributed by atoms with Gasteiger partial charge in [-0.1, -0.05) is 11.6 Å². The van der Waals surface area contributed by atoms with Gasteiger partial charge in [0.05, 0.1) is 10.6 Å². The van der Waals surface area contributed by atoms with Gasteiger partial charge in [-0.25, -0.2) is 4.79 Å². The van der Waals surface area contributed by atoms with Crippen LogP contribution in [0.1, 0.15) is 10.4 Å². The predicted molar refractivity (Wildman–Crippen MR) is 67.1 cm³/mol. The summed E-state index contributed by atoms with van der Waals surface area (Å²) in [4.78, 5) is 32.5. The number of carboxylic acid groups (broad SMARTS) is 1. The molecule has 4 N–H and O–H groups in total. The Kier molecular flexibility index (Phi) is 5.28. The number of nitrogens with two attached hydrogens (primary N) is 1. The maximum absolute atomic E-state index is 11.4. The van der Waals surface area contributed by atoms with E-state index in [1.54, 1.807) is 0 Å². The lowest BCUT2D eigenvalue weighted by molar-refractivity contribution is -0.143. The second kappa shape index (κ2) is 6.72. The fraction of sp³-hybridized carbons (Fsp3) is 0.182. The van der Waals surface area contributed by atoms with Crippen molar-refractivity contribution in [2.24, 2.45) is 5.73 Å². The van der Waals surface area contributed by atoms with E-state index in [4.69, 9.17) is 22.4 Å². The van der Waals surface area contributed by atoms with Crippen LogP contribution in [-0.2, 0) is 14.3 Å². The predicted octanol–water partition coefficient (Wildman–Crippen LogP) is 0.479. The number of halogens is 1. The van der Waals surface area contributed by atoms with Crippen molar-refractivity contribution in [1.29, 1.82) is 0 Å². The van der Waals surface area contributed by atoms with Crippen molar-refractivity contribution in [1.82, 2.24) is 0 Å². The van der Waals surface area contributed by atoms with Gasteiger partial charge in [-0.15, -0.1) is 0 Å². The fourth-order valence-corrected chi connectivity index (χ4v) is 1.49. The number of carbonyl (C=O) groups excluding carboxylic acids is 2. The van der Waals surface area contributed by atoms with E-state index < -0.39 is 31.0 Å². The minimum absolute atomic E-state index is 0.108. The van der Waals surface area contributed by atoms with Crippen molar-refractivity contribution in [2.75, 3.05) is 18.5 Å². The van der Waals surface area contributed by atoms with Crippen molar-refractivity contribution >= 4 is 35.1 Å². The number of aliphatic carboxylic acids is 1. The van der Waals surface area contributed by atoms with Crippen LogP contribution in [0.5, 0.6) is 0 Å². The molecule has 1 rings (SSSR count). The molecule has 0 saturated carbocycles. The Bertz CT molecular complexity index is 518. The molecular formula is C11H11ClN2O5. The van der Waals surface area contributed by atoms with Crippen molar-refractivity contribution in [3.05, 3.63) is 28.8 Å². The summed E-state index contributed by atoms with van der Waals surface area (Å²) in [6, 6.07) is 4.18. The molecule has 102 valence electrons. The average Bonchev–Trinajstić information content (AvgIpc) is 2.27. The van der Waals surface area contributed by atoms with Gasteiger partial charge >= 0.3 is 5.97 Å². The molecule has 0 unspecified atom stereocenters. The molecule has 0 fully saturated rings. The first-order valence-corrected chi connectivity index (χ1v) is 5.46. The highest BCUT2D eigenvalue weighted by Crippen LogP contribution is 2.20. The Morgan fingerprint density at radius 3 is 2.53 bits per heavy atom. The number of benzene rings is 1. The van der Waals surface area contributed by atoms with Crippen LogP contribution >= 0.6 is 11.6 Å². The summed E-state index contributed by atoms with van der Waals surface area (Å²) < 4.78 is 4.60. The Balaban J connectivity index is 2.58. The number of rotatable bonds is 6. The van der Waals surface area contributed by atoms with Gasteiger partial charge in [0.25, 0.3) is 0 Å². The first-order chi connectivity index (χ1) is 8.90. The minimum atomic E-state index is -1.17. The summed E-state index contributed by atoms with van der Waals surface area (Å²) in [5.41, 5.74) is 5.56. The lowest BCUT2D eigenvalue weighted by Gasteiger charge is -2.07. The lowest BCUT2D eigenvalue weighted by atomic mass is 10.2. The van der Waals surface area contributed by atoms with E-state index >= 15 is 0 Å². The third-order valence-corrected chi connectivity index (χ3v) is 2.29. The maximum Gasteiger partial charge on any atom is 0.329 e. The molecule has 1 aromatic carbocycles. The second-order valence-corrected chi connectivity index (χ2v) is 3.90. The van der Waals surface area contributed by atoms with Crippen LogP contribution < -0.4 is 11.1 Å². The van der Waals surface area contributed by atoms with Crippen LogP contribution in [0.3, 0.4) is 0 Å². The van der Waals surface area contributed by atoms with E-state index in [2.05, 4.69) is 10.1 Å². The standard InChI is InChI=1S/C11H11ClN2O5/c12-8-3-6(1-2-7(8)11(13)18)14-9(15)4-19-5-10(16)17/h1-3H,4-5H2,(H2,13,18)(H,14,15)(H,16,17). The summed E-state index contributed by atoms with van der Waals surface area (Å²) in [7, 11) is 0. The van der Waals surface area contributed by atoms with Gasteiger partial charge in [-0.2, -0.15) is 0 Å². The molecule has 0 atom stereocenters. The molecule has 0 aromatic heterocycles. The van der Waals surface area contributed by atoms with Gasteiger partial charge in [0.1, 0.15) is 13.2 Å². The molecule has 0 aliphatic rings. The van der Waals surface area contributed by atoms with Crippen LogP contribution in [0.15, 0.2) is 18.2 Å². The summed E-state index contributed by atoms with van der Waals surface area (Å²) in [5, 5.41) is 10.9. The van der Waals surface area contributed by atoms with E-state index in [9.17, 15) is 14.4 Å². The topological polar surface area (TPSA) is 119 Å². The molecule has 0 saturated heterocycles. The van der Waals surface area contributed by atoms with Gasteiger partial charge < -0.3 is 20.9 Å². The third kappa shape index (κ3) is 4.94. The molecule has 0 bridgehead atoms.